The number of anilines is 1. The fourth-order valence-corrected chi connectivity index (χ4v) is 3.10. The fraction of sp³-hybridized carbons (Fsp3) is 0.250. The number of benzene rings is 2. The van der Waals surface area contributed by atoms with Crippen molar-refractivity contribution in [1.29, 1.82) is 0 Å². The summed E-state index contributed by atoms with van der Waals surface area (Å²) >= 11 is 0. The highest BCUT2D eigenvalue weighted by Gasteiger charge is 2.26. The average Bonchev–Trinajstić information content (AvgIpc) is 2.97. The number of nitrogens with one attached hydrogen (secondary N) is 2. The van der Waals surface area contributed by atoms with Crippen molar-refractivity contribution in [1.82, 2.24) is 10.2 Å². The molecule has 0 saturated carbocycles. The van der Waals surface area contributed by atoms with E-state index in [0.717, 1.165) is 5.56 Å². The number of hydrogen-bond acceptors (Lipinski definition) is 3. The molecule has 0 radical (unpaired) electrons. The fourth-order valence-electron chi connectivity index (χ4n) is 3.10. The van der Waals surface area contributed by atoms with E-state index >= 15 is 0 Å². The number of fused-ring (bicyclic) bond motifs is 1. The van der Waals surface area contributed by atoms with Gasteiger partial charge in [-0.2, -0.15) is 0 Å². The average molecular weight is 351 g/mol. The van der Waals surface area contributed by atoms with E-state index in [1.807, 2.05) is 24.3 Å². The third kappa shape index (κ3) is 3.44. The van der Waals surface area contributed by atoms with Gasteiger partial charge in [-0.15, -0.1) is 0 Å². The van der Waals surface area contributed by atoms with E-state index in [1.165, 1.54) is 0 Å². The van der Waals surface area contributed by atoms with Crippen molar-refractivity contribution >= 4 is 23.4 Å². The van der Waals surface area contributed by atoms with Crippen LogP contribution in [-0.4, -0.2) is 36.2 Å². The van der Waals surface area contributed by atoms with Crippen molar-refractivity contribution in [3.63, 3.8) is 0 Å². The Bertz CT molecular complexity index is 876. The summed E-state index contributed by atoms with van der Waals surface area (Å²) in [6.45, 7) is 2.68. The van der Waals surface area contributed by atoms with Gasteiger partial charge >= 0.3 is 0 Å². The van der Waals surface area contributed by atoms with Gasteiger partial charge in [0.15, 0.2) is 0 Å². The predicted octanol–water partition coefficient (Wildman–Crippen LogP) is 2.34. The second kappa shape index (κ2) is 7.39. The van der Waals surface area contributed by atoms with E-state index in [2.05, 4.69) is 10.6 Å². The van der Waals surface area contributed by atoms with Crippen LogP contribution in [0.5, 0.6) is 0 Å². The standard InChI is InChI=1S/C20H21N3O3/c1-13-15(19(25)21-2)8-5-9-17(13)22-18(24)10-11-23-12-14-6-3-4-7-16(14)20(23)26/h3-9H,10-12H2,1-2H3,(H,21,25)(H,22,24). The maximum atomic E-state index is 12.3. The molecule has 0 fully saturated rings. The number of carbonyl (C=O) groups is 3. The molecule has 0 spiro atoms. The molecule has 3 amide bonds. The Hall–Kier alpha value is -3.15. The van der Waals surface area contributed by atoms with Crippen LogP contribution in [0.3, 0.4) is 0 Å². The molecule has 0 bridgehead atoms. The lowest BCUT2D eigenvalue weighted by molar-refractivity contribution is -0.116. The molecule has 0 unspecified atom stereocenters. The Balaban J connectivity index is 1.61. The van der Waals surface area contributed by atoms with Gasteiger partial charge in [-0.3, -0.25) is 14.4 Å². The van der Waals surface area contributed by atoms with E-state index in [-0.39, 0.29) is 24.1 Å². The number of hydrogen-bond donors (Lipinski definition) is 2. The van der Waals surface area contributed by atoms with Gasteiger partial charge in [0.1, 0.15) is 0 Å². The first-order valence-electron chi connectivity index (χ1n) is 8.50. The summed E-state index contributed by atoms with van der Waals surface area (Å²) in [6, 6.07) is 12.7. The third-order valence-electron chi connectivity index (χ3n) is 4.58. The molecule has 26 heavy (non-hydrogen) atoms. The van der Waals surface area contributed by atoms with Gasteiger partial charge in [0.25, 0.3) is 11.8 Å². The van der Waals surface area contributed by atoms with Crippen molar-refractivity contribution in [3.05, 3.63) is 64.7 Å². The second-order valence-corrected chi connectivity index (χ2v) is 6.24. The molecule has 6 nitrogen and oxygen atoms in total. The molecule has 6 heteroatoms. The van der Waals surface area contributed by atoms with E-state index in [1.54, 1.807) is 37.1 Å². The highest BCUT2D eigenvalue weighted by Crippen LogP contribution is 2.23. The van der Waals surface area contributed by atoms with Crippen LogP contribution < -0.4 is 10.6 Å². The lowest BCUT2D eigenvalue weighted by Gasteiger charge is -2.16. The third-order valence-corrected chi connectivity index (χ3v) is 4.58. The van der Waals surface area contributed by atoms with Crippen LogP contribution in [-0.2, 0) is 11.3 Å². The lowest BCUT2D eigenvalue weighted by atomic mass is 10.1. The van der Waals surface area contributed by atoms with Crippen LogP contribution >= 0.6 is 0 Å². The zero-order chi connectivity index (χ0) is 18.7. The molecular weight excluding hydrogens is 330 g/mol. The summed E-state index contributed by atoms with van der Waals surface area (Å²) in [5.41, 5.74) is 3.54. The van der Waals surface area contributed by atoms with Gasteiger partial charge in [-0.25, -0.2) is 0 Å². The van der Waals surface area contributed by atoms with Crippen LogP contribution in [0.4, 0.5) is 5.69 Å². The zero-order valence-corrected chi connectivity index (χ0v) is 14.8. The zero-order valence-electron chi connectivity index (χ0n) is 14.8. The lowest BCUT2D eigenvalue weighted by Crippen LogP contribution is -2.28. The molecule has 134 valence electrons. The second-order valence-electron chi connectivity index (χ2n) is 6.24. The molecular formula is C20H21N3O3. The molecule has 0 aromatic heterocycles. The molecule has 0 atom stereocenters. The van der Waals surface area contributed by atoms with Crippen molar-refractivity contribution < 1.29 is 14.4 Å². The first-order chi connectivity index (χ1) is 12.5. The number of rotatable bonds is 5. The van der Waals surface area contributed by atoms with Crippen LogP contribution in [0.15, 0.2) is 42.5 Å². The van der Waals surface area contributed by atoms with E-state index in [9.17, 15) is 14.4 Å². The van der Waals surface area contributed by atoms with E-state index in [0.29, 0.717) is 35.5 Å². The normalized spacial score (nSPS) is 12.7. The van der Waals surface area contributed by atoms with Crippen molar-refractivity contribution in [3.8, 4) is 0 Å². The number of amides is 3. The Morgan fingerprint density at radius 1 is 1.12 bits per heavy atom. The van der Waals surface area contributed by atoms with Crippen LogP contribution in [0.25, 0.3) is 0 Å². The van der Waals surface area contributed by atoms with Crippen molar-refractivity contribution in [2.75, 3.05) is 18.9 Å². The quantitative estimate of drug-likeness (QED) is 0.868. The smallest absolute Gasteiger partial charge is 0.254 e. The molecule has 0 aliphatic carbocycles. The van der Waals surface area contributed by atoms with Crippen molar-refractivity contribution in [2.45, 2.75) is 19.9 Å². The number of carbonyl (C=O) groups excluding carboxylic acids is 3. The summed E-state index contributed by atoms with van der Waals surface area (Å²) in [4.78, 5) is 38.2. The molecule has 3 rings (SSSR count). The first-order valence-corrected chi connectivity index (χ1v) is 8.50. The Kier molecular flexibility index (Phi) is 5.02. The van der Waals surface area contributed by atoms with Gasteiger partial charge in [-0.1, -0.05) is 24.3 Å². The summed E-state index contributed by atoms with van der Waals surface area (Å²) in [6.07, 6.45) is 0.198. The summed E-state index contributed by atoms with van der Waals surface area (Å²) in [7, 11) is 1.57. The minimum atomic E-state index is -0.195. The van der Waals surface area contributed by atoms with E-state index in [4.69, 9.17) is 0 Å². The highest BCUT2D eigenvalue weighted by molar-refractivity contribution is 6.00. The summed E-state index contributed by atoms with van der Waals surface area (Å²) in [5, 5.41) is 5.42. The van der Waals surface area contributed by atoms with Gasteiger partial charge in [-0.05, 0) is 36.2 Å². The topological polar surface area (TPSA) is 78.5 Å². The molecule has 1 heterocycles. The molecule has 1 aliphatic rings. The largest absolute Gasteiger partial charge is 0.355 e. The van der Waals surface area contributed by atoms with Crippen LogP contribution in [0.2, 0.25) is 0 Å². The minimum absolute atomic E-state index is 0.0359. The van der Waals surface area contributed by atoms with Gasteiger partial charge < -0.3 is 15.5 Å². The molecule has 2 aromatic carbocycles. The van der Waals surface area contributed by atoms with Gasteiger partial charge in [0, 0.05) is 43.4 Å². The minimum Gasteiger partial charge on any atom is -0.355 e. The predicted molar refractivity (Wildman–Crippen MR) is 99.0 cm³/mol. The Labute approximate surface area is 152 Å². The Morgan fingerprint density at radius 3 is 2.62 bits per heavy atom. The van der Waals surface area contributed by atoms with E-state index < -0.39 is 0 Å². The Morgan fingerprint density at radius 2 is 1.88 bits per heavy atom. The monoisotopic (exact) mass is 351 g/mol. The van der Waals surface area contributed by atoms with Crippen LogP contribution in [0, 0.1) is 6.92 Å². The molecule has 1 aliphatic heterocycles. The molecule has 0 saturated heterocycles. The number of nitrogens with zero attached hydrogens (tertiary/aromatic N) is 1. The maximum absolute atomic E-state index is 12.3. The van der Waals surface area contributed by atoms with Crippen LogP contribution in [0.1, 0.15) is 38.3 Å². The molecule has 2 N–H and O–H groups in total. The SMILES string of the molecule is CNC(=O)c1cccc(NC(=O)CCN2Cc3ccccc3C2=O)c1C. The highest BCUT2D eigenvalue weighted by atomic mass is 16.2. The molecule has 2 aromatic rings. The maximum Gasteiger partial charge on any atom is 0.254 e. The first kappa shape index (κ1) is 17.7. The summed E-state index contributed by atoms with van der Waals surface area (Å²) in [5.74, 6) is -0.420. The summed E-state index contributed by atoms with van der Waals surface area (Å²) < 4.78 is 0. The van der Waals surface area contributed by atoms with Gasteiger partial charge in [0.05, 0.1) is 0 Å². The van der Waals surface area contributed by atoms with Crippen molar-refractivity contribution in [2.24, 2.45) is 0 Å². The van der Waals surface area contributed by atoms with Gasteiger partial charge in [0.2, 0.25) is 5.91 Å².